The van der Waals surface area contributed by atoms with Crippen LogP contribution in [0.2, 0.25) is 19.6 Å². The Hall–Kier alpha value is -2.55. The van der Waals surface area contributed by atoms with Gasteiger partial charge in [0.2, 0.25) is 11.8 Å². The summed E-state index contributed by atoms with van der Waals surface area (Å²) in [5.74, 6) is 2.24. The number of benzene rings is 1. The Bertz CT molecular complexity index is 1060. The third-order valence-corrected chi connectivity index (χ3v) is 9.25. The number of aliphatic imine (C=N–C) groups is 2. The summed E-state index contributed by atoms with van der Waals surface area (Å²) < 4.78 is 23.9. The number of ether oxygens (including phenoxy) is 4. The van der Waals surface area contributed by atoms with Gasteiger partial charge in [-0.3, -0.25) is 4.90 Å². The van der Waals surface area contributed by atoms with E-state index in [1.165, 1.54) is 0 Å². The lowest BCUT2D eigenvalue weighted by Crippen LogP contribution is -2.55. The van der Waals surface area contributed by atoms with Crippen molar-refractivity contribution in [3.63, 3.8) is 0 Å². The Kier molecular flexibility index (Phi) is 9.22. The summed E-state index contributed by atoms with van der Waals surface area (Å²) in [6, 6.07) is 5.39. The van der Waals surface area contributed by atoms with E-state index in [0.717, 1.165) is 17.0 Å². The molecule has 3 rings (SSSR count). The number of anilines is 1. The highest BCUT2D eigenvalue weighted by Gasteiger charge is 2.51. The fourth-order valence-corrected chi connectivity index (χ4v) is 8.01. The van der Waals surface area contributed by atoms with Crippen LogP contribution in [0.15, 0.2) is 28.2 Å². The van der Waals surface area contributed by atoms with Gasteiger partial charge >= 0.3 is 6.09 Å². The largest absolute Gasteiger partial charge is 0.496 e. The minimum Gasteiger partial charge on any atom is -0.496 e. The Morgan fingerprint density at radius 2 is 1.68 bits per heavy atom. The van der Waals surface area contributed by atoms with Gasteiger partial charge < -0.3 is 18.9 Å². The monoisotopic (exact) mass is 545 g/mol. The van der Waals surface area contributed by atoms with Crippen molar-refractivity contribution in [3.8, 4) is 5.75 Å². The molecule has 0 aromatic heterocycles. The van der Waals surface area contributed by atoms with Crippen molar-refractivity contribution >= 4 is 31.6 Å². The third kappa shape index (κ3) is 6.35. The molecule has 38 heavy (non-hydrogen) atoms. The van der Waals surface area contributed by atoms with Crippen molar-refractivity contribution in [3.05, 3.63) is 23.8 Å². The zero-order chi connectivity index (χ0) is 28.4. The highest BCUT2D eigenvalue weighted by atomic mass is 28.3. The number of nitrogens with zero attached hydrogens (tertiary/aromatic N) is 3. The number of fused-ring (bicyclic) bond motifs is 1. The molecular formula is C29H47N3O5Si. The van der Waals surface area contributed by atoms with Crippen LogP contribution in [0.25, 0.3) is 0 Å². The van der Waals surface area contributed by atoms with E-state index in [2.05, 4.69) is 33.5 Å². The van der Waals surface area contributed by atoms with Crippen molar-refractivity contribution in [2.24, 2.45) is 15.9 Å². The van der Waals surface area contributed by atoms with Crippen LogP contribution in [0.1, 0.15) is 66.4 Å². The topological polar surface area (TPSA) is 82.0 Å². The predicted molar refractivity (Wildman–Crippen MR) is 157 cm³/mol. The molecule has 2 heterocycles. The molecule has 2 aliphatic heterocycles. The van der Waals surface area contributed by atoms with Gasteiger partial charge in [-0.15, -0.1) is 0 Å². The maximum absolute atomic E-state index is 13.7. The fourth-order valence-electron chi connectivity index (χ4n) is 5.49. The van der Waals surface area contributed by atoms with Gasteiger partial charge in [0, 0.05) is 17.1 Å². The van der Waals surface area contributed by atoms with Crippen LogP contribution in [-0.2, 0) is 14.2 Å². The van der Waals surface area contributed by atoms with E-state index >= 15 is 0 Å². The molecule has 2 unspecified atom stereocenters. The lowest BCUT2D eigenvalue weighted by atomic mass is 9.91. The summed E-state index contributed by atoms with van der Waals surface area (Å²) in [4.78, 5) is 25.7. The van der Waals surface area contributed by atoms with Crippen LogP contribution in [0.4, 0.5) is 10.5 Å². The Morgan fingerprint density at radius 1 is 1.05 bits per heavy atom. The van der Waals surface area contributed by atoms with E-state index in [1.54, 1.807) is 7.11 Å². The maximum Gasteiger partial charge on any atom is 0.414 e. The van der Waals surface area contributed by atoms with Crippen LogP contribution < -0.4 is 9.64 Å². The molecule has 0 aliphatic carbocycles. The number of carbonyl (C=O) groups is 1. The average Bonchev–Trinajstić information content (AvgIpc) is 3.14. The van der Waals surface area contributed by atoms with Crippen LogP contribution in [-0.4, -0.2) is 69.6 Å². The van der Waals surface area contributed by atoms with E-state index in [-0.39, 0.29) is 35.7 Å². The Morgan fingerprint density at radius 3 is 2.21 bits per heavy atom. The van der Waals surface area contributed by atoms with Gasteiger partial charge in [-0.25, -0.2) is 14.8 Å². The summed E-state index contributed by atoms with van der Waals surface area (Å²) in [6.07, 6.45) is 0.282. The molecule has 0 spiro atoms. The molecule has 0 fully saturated rings. The van der Waals surface area contributed by atoms with E-state index in [1.807, 2.05) is 57.7 Å². The van der Waals surface area contributed by atoms with Gasteiger partial charge in [0.25, 0.3) is 0 Å². The first-order chi connectivity index (χ1) is 17.7. The summed E-state index contributed by atoms with van der Waals surface area (Å²) in [6.45, 7) is 21.8. The first-order valence-corrected chi connectivity index (χ1v) is 17.4. The van der Waals surface area contributed by atoms with E-state index in [0.29, 0.717) is 31.4 Å². The first-order valence-electron chi connectivity index (χ1n) is 13.8. The second-order valence-corrected chi connectivity index (χ2v) is 17.7. The number of methoxy groups -OCH3 is 1. The average molecular weight is 546 g/mol. The van der Waals surface area contributed by atoms with Crippen LogP contribution in [0.3, 0.4) is 0 Å². The van der Waals surface area contributed by atoms with E-state index in [4.69, 9.17) is 28.9 Å². The Balaban J connectivity index is 2.15. The van der Waals surface area contributed by atoms with Crippen LogP contribution in [0.5, 0.6) is 5.75 Å². The molecule has 212 valence electrons. The summed E-state index contributed by atoms with van der Waals surface area (Å²) >= 11 is 0. The van der Waals surface area contributed by atoms with Crippen molar-refractivity contribution in [1.82, 2.24) is 0 Å². The molecule has 9 heteroatoms. The molecular weight excluding hydrogens is 498 g/mol. The summed E-state index contributed by atoms with van der Waals surface area (Å²) in [7, 11) is -0.322. The number of hydrogen-bond acceptors (Lipinski definition) is 7. The van der Waals surface area contributed by atoms with Gasteiger partial charge in [0.05, 0.1) is 34.1 Å². The highest BCUT2D eigenvalue weighted by molar-refractivity contribution is 6.78. The third-order valence-electron chi connectivity index (χ3n) is 6.81. The molecule has 0 N–H and O–H groups in total. The molecule has 0 radical (unpaired) electrons. The molecule has 0 saturated carbocycles. The van der Waals surface area contributed by atoms with Crippen LogP contribution in [0, 0.1) is 5.92 Å². The van der Waals surface area contributed by atoms with Crippen molar-refractivity contribution < 1.29 is 23.7 Å². The summed E-state index contributed by atoms with van der Waals surface area (Å²) in [5, 5.41) is 0. The molecule has 8 nitrogen and oxygen atoms in total. The van der Waals surface area contributed by atoms with Gasteiger partial charge in [0.15, 0.2) is 0 Å². The quantitative estimate of drug-likeness (QED) is 0.368. The zero-order valence-electron chi connectivity index (χ0n) is 25.1. The second kappa shape index (κ2) is 11.7. The molecule has 1 aromatic rings. The maximum atomic E-state index is 13.7. The zero-order valence-corrected chi connectivity index (χ0v) is 26.1. The van der Waals surface area contributed by atoms with Crippen molar-refractivity contribution in [2.75, 3.05) is 25.2 Å². The molecule has 0 saturated heterocycles. The van der Waals surface area contributed by atoms with Crippen LogP contribution >= 0.6 is 0 Å². The number of hydrogen-bond donors (Lipinski definition) is 0. The van der Waals surface area contributed by atoms with Gasteiger partial charge in [0.1, 0.15) is 23.4 Å². The minimum absolute atomic E-state index is 0.0433. The van der Waals surface area contributed by atoms with Gasteiger partial charge in [-0.05, 0) is 59.1 Å². The van der Waals surface area contributed by atoms with Crippen molar-refractivity contribution in [1.29, 1.82) is 0 Å². The molecule has 1 amide bonds. The van der Waals surface area contributed by atoms with Gasteiger partial charge in [-0.2, -0.15) is 0 Å². The van der Waals surface area contributed by atoms with Crippen molar-refractivity contribution in [2.45, 2.75) is 104 Å². The first kappa shape index (κ1) is 30.0. The molecule has 2 aliphatic rings. The smallest absolute Gasteiger partial charge is 0.414 e. The minimum atomic E-state index is -2.00. The standard InChI is InChI=1S/C29H47N3O5Si/c1-12-35-25-20(30-26(36-13-2)24(31-25)18(3)4)17-19-23-21(15-14-16-22(23)34-8)32(27(19)38(9,10)11)28(33)37-29(5,6)7/h14-16,18-20,24,27H,12-13,17H2,1-11H3/t19?,20-,24+,27?/m1/s1. The Labute approximate surface area is 229 Å². The summed E-state index contributed by atoms with van der Waals surface area (Å²) in [5.41, 5.74) is 1.18. The lowest BCUT2D eigenvalue weighted by Gasteiger charge is -2.39. The molecule has 4 atom stereocenters. The second-order valence-electron chi connectivity index (χ2n) is 12.4. The number of amides is 1. The SMILES string of the molecule is CCOC1=N[C@H](CC2c3c(OC)cccc3N(C(=O)OC(C)(C)C)C2[Si](C)(C)C)C(OCC)=N[C@H]1C(C)C. The van der Waals surface area contributed by atoms with Gasteiger partial charge in [-0.1, -0.05) is 39.6 Å². The predicted octanol–water partition coefficient (Wildman–Crippen LogP) is 6.45. The number of rotatable bonds is 7. The lowest BCUT2D eigenvalue weighted by molar-refractivity contribution is 0.0575. The molecule has 0 bridgehead atoms. The number of carbonyl (C=O) groups excluding carboxylic acids is 1. The van der Waals surface area contributed by atoms with E-state index < -0.39 is 13.7 Å². The highest BCUT2D eigenvalue weighted by Crippen LogP contribution is 2.51. The fraction of sp³-hybridized carbons (Fsp3) is 0.690. The molecule has 1 aromatic carbocycles. The normalized spacial score (nSPS) is 23.5. The van der Waals surface area contributed by atoms with E-state index in [9.17, 15) is 4.79 Å².